The number of ether oxygens (including phenoxy) is 2. The van der Waals surface area contributed by atoms with Crippen LogP contribution in [0.1, 0.15) is 84.3 Å². The summed E-state index contributed by atoms with van der Waals surface area (Å²) in [6.07, 6.45) is 5.63. The Kier molecular flexibility index (Phi) is 16.7. The van der Waals surface area contributed by atoms with Crippen LogP contribution in [0.3, 0.4) is 0 Å². The summed E-state index contributed by atoms with van der Waals surface area (Å²) in [7, 11) is 0. The van der Waals surface area contributed by atoms with E-state index in [4.69, 9.17) is 9.47 Å². The molecule has 0 spiro atoms. The number of carboxylic acids is 1. The fraction of sp³-hybridized carbons (Fsp3) is 0.525. The molecule has 52 heavy (non-hydrogen) atoms. The van der Waals surface area contributed by atoms with Crippen LogP contribution >= 0.6 is 0 Å². The van der Waals surface area contributed by atoms with E-state index in [2.05, 4.69) is 16.0 Å². The molecule has 4 amide bonds. The number of nitrogens with one attached hydrogen (secondary N) is 3. The second-order valence-electron chi connectivity index (χ2n) is 14.6. The smallest absolute Gasteiger partial charge is 0.408 e. The maximum absolute atomic E-state index is 14.2. The molecular formula is C40H56N4O8. The van der Waals surface area contributed by atoms with Crippen LogP contribution in [0.5, 0.6) is 0 Å². The Hall–Kier alpha value is -4.87. The van der Waals surface area contributed by atoms with Crippen molar-refractivity contribution in [1.29, 1.82) is 0 Å². The number of rotatable bonds is 18. The highest BCUT2D eigenvalue weighted by Crippen LogP contribution is 2.24. The van der Waals surface area contributed by atoms with Gasteiger partial charge in [0.25, 0.3) is 0 Å². The summed E-state index contributed by atoms with van der Waals surface area (Å²) in [5.74, 6) is -2.30. The van der Waals surface area contributed by atoms with Gasteiger partial charge >= 0.3 is 18.2 Å². The molecule has 1 fully saturated rings. The number of unbranched alkanes of at least 4 members (excludes halogenated alkanes) is 1. The highest BCUT2D eigenvalue weighted by Gasteiger charge is 2.38. The number of hydrogen-bond donors (Lipinski definition) is 4. The van der Waals surface area contributed by atoms with E-state index in [0.29, 0.717) is 51.6 Å². The van der Waals surface area contributed by atoms with E-state index in [9.17, 15) is 29.1 Å². The van der Waals surface area contributed by atoms with Crippen LogP contribution in [0.2, 0.25) is 0 Å². The molecular weight excluding hydrogens is 664 g/mol. The van der Waals surface area contributed by atoms with E-state index in [1.807, 2.05) is 80.6 Å². The fourth-order valence-electron chi connectivity index (χ4n) is 6.01. The largest absolute Gasteiger partial charge is 0.480 e. The second-order valence-corrected chi connectivity index (χ2v) is 14.6. The number of carboxylic acid groups (broad SMARTS) is 1. The molecule has 1 aliphatic rings. The Bertz CT molecular complexity index is 1480. The fourth-order valence-corrected chi connectivity index (χ4v) is 6.01. The van der Waals surface area contributed by atoms with E-state index in [0.717, 1.165) is 11.1 Å². The number of benzene rings is 2. The Morgan fingerprint density at radius 2 is 1.56 bits per heavy atom. The molecule has 0 aliphatic carbocycles. The van der Waals surface area contributed by atoms with Gasteiger partial charge in [-0.3, -0.25) is 9.59 Å². The Labute approximate surface area is 307 Å². The third-order valence-electron chi connectivity index (χ3n) is 8.47. The molecule has 1 aliphatic heterocycles. The van der Waals surface area contributed by atoms with Crippen molar-refractivity contribution in [2.75, 3.05) is 13.1 Å². The van der Waals surface area contributed by atoms with Gasteiger partial charge in [-0.15, -0.1) is 0 Å². The van der Waals surface area contributed by atoms with Crippen molar-refractivity contribution in [1.82, 2.24) is 20.9 Å². The van der Waals surface area contributed by atoms with Crippen molar-refractivity contribution in [3.05, 3.63) is 83.9 Å². The first-order valence-electron chi connectivity index (χ1n) is 18.2. The van der Waals surface area contributed by atoms with Crippen molar-refractivity contribution in [2.45, 2.75) is 110 Å². The lowest BCUT2D eigenvalue weighted by Gasteiger charge is -2.28. The minimum absolute atomic E-state index is 0.147. The summed E-state index contributed by atoms with van der Waals surface area (Å²) in [5, 5.41) is 18.1. The summed E-state index contributed by atoms with van der Waals surface area (Å²) in [4.78, 5) is 66.0. The van der Waals surface area contributed by atoms with Crippen molar-refractivity contribution >= 4 is 30.0 Å². The van der Waals surface area contributed by atoms with E-state index >= 15 is 0 Å². The minimum Gasteiger partial charge on any atom is -0.480 e. The SMILES string of the molecule is CC(C)CC(/C=C/C(Cc1ccccc1)C(=O)N1CCC[C@H]1C(=O)NC(CCCCNC(=O)OCc1ccccc1)C(=O)O)NC(=O)OC(C)(C)C. The Balaban J connectivity index is 1.62. The van der Waals surface area contributed by atoms with E-state index in [-0.39, 0.29) is 30.9 Å². The number of likely N-dealkylation sites (tertiary alicyclic amines) is 1. The Morgan fingerprint density at radius 1 is 0.904 bits per heavy atom. The third-order valence-corrected chi connectivity index (χ3v) is 8.47. The number of carbonyl (C=O) groups is 5. The predicted octanol–water partition coefficient (Wildman–Crippen LogP) is 6.00. The number of alkyl carbamates (subject to hydrolysis) is 2. The first-order chi connectivity index (χ1) is 24.7. The van der Waals surface area contributed by atoms with Gasteiger partial charge in [-0.25, -0.2) is 14.4 Å². The molecule has 2 aromatic rings. The second kappa shape index (κ2) is 20.8. The summed E-state index contributed by atoms with van der Waals surface area (Å²) in [5.41, 5.74) is 1.14. The number of hydrogen-bond acceptors (Lipinski definition) is 7. The molecule has 1 heterocycles. The zero-order valence-electron chi connectivity index (χ0n) is 31.1. The highest BCUT2D eigenvalue weighted by molar-refractivity contribution is 5.92. The van der Waals surface area contributed by atoms with Gasteiger partial charge in [0.2, 0.25) is 11.8 Å². The van der Waals surface area contributed by atoms with E-state index in [1.165, 1.54) is 0 Å². The van der Waals surface area contributed by atoms with Gasteiger partial charge in [0.15, 0.2) is 0 Å². The number of carbonyl (C=O) groups excluding carboxylic acids is 4. The molecule has 12 heteroatoms. The van der Waals surface area contributed by atoms with Crippen LogP contribution in [0.4, 0.5) is 9.59 Å². The van der Waals surface area contributed by atoms with Crippen molar-refractivity contribution in [3.8, 4) is 0 Å². The lowest BCUT2D eigenvalue weighted by Crippen LogP contribution is -2.52. The topological polar surface area (TPSA) is 163 Å². The standard InChI is InChI=1S/C40H56N4O8/c1-28(2)25-32(42-39(50)52-40(3,4)5)22-21-31(26-29-15-8-6-9-16-29)36(46)44-24-14-20-34(44)35(45)43-33(37(47)48)19-12-13-23-41-38(49)51-27-30-17-10-7-11-18-30/h6-11,15-18,21-22,28,31-34H,12-14,19-20,23-27H2,1-5H3,(H,41,49)(H,42,50)(H,43,45)(H,47,48)/b22-21+/t31?,32?,33?,34-/m0/s1. The van der Waals surface area contributed by atoms with Crippen LogP contribution < -0.4 is 16.0 Å². The van der Waals surface area contributed by atoms with E-state index < -0.39 is 47.7 Å². The lowest BCUT2D eigenvalue weighted by molar-refractivity contribution is -0.144. The van der Waals surface area contributed by atoms with Crippen LogP contribution in [-0.2, 0) is 36.9 Å². The lowest BCUT2D eigenvalue weighted by atomic mass is 9.95. The van der Waals surface area contributed by atoms with Crippen LogP contribution in [0, 0.1) is 11.8 Å². The highest BCUT2D eigenvalue weighted by atomic mass is 16.6. The molecule has 0 saturated carbocycles. The van der Waals surface area contributed by atoms with Crippen molar-refractivity contribution in [2.24, 2.45) is 11.8 Å². The van der Waals surface area contributed by atoms with E-state index in [1.54, 1.807) is 31.7 Å². The molecule has 3 unspecified atom stereocenters. The summed E-state index contributed by atoms with van der Waals surface area (Å²) < 4.78 is 10.7. The molecule has 4 N–H and O–H groups in total. The van der Waals surface area contributed by atoms with Crippen LogP contribution in [-0.4, -0.2) is 76.8 Å². The predicted molar refractivity (Wildman–Crippen MR) is 198 cm³/mol. The maximum atomic E-state index is 14.2. The van der Waals surface area contributed by atoms with Crippen molar-refractivity contribution in [3.63, 3.8) is 0 Å². The molecule has 12 nitrogen and oxygen atoms in total. The molecule has 0 radical (unpaired) electrons. The average Bonchev–Trinajstić information content (AvgIpc) is 3.58. The molecule has 284 valence electrons. The van der Waals surface area contributed by atoms with Gasteiger partial charge in [0, 0.05) is 13.1 Å². The quantitative estimate of drug-likeness (QED) is 0.108. The zero-order chi connectivity index (χ0) is 38.1. The maximum Gasteiger partial charge on any atom is 0.408 e. The van der Waals surface area contributed by atoms with Crippen molar-refractivity contribution < 1.29 is 38.6 Å². The van der Waals surface area contributed by atoms with Gasteiger partial charge in [0.05, 0.1) is 12.0 Å². The number of nitrogens with zero attached hydrogens (tertiary/aromatic N) is 1. The molecule has 2 aromatic carbocycles. The van der Waals surface area contributed by atoms with Gasteiger partial charge in [-0.2, -0.15) is 0 Å². The van der Waals surface area contributed by atoms with Gasteiger partial charge in [-0.05, 0) is 82.8 Å². The minimum atomic E-state index is -1.17. The number of amides is 4. The molecule has 4 atom stereocenters. The third kappa shape index (κ3) is 15.2. The van der Waals surface area contributed by atoms with Gasteiger partial charge in [0.1, 0.15) is 24.3 Å². The molecule has 0 bridgehead atoms. The first kappa shape index (κ1) is 41.5. The summed E-state index contributed by atoms with van der Waals surface area (Å²) in [6.45, 7) is 10.3. The molecule has 0 aromatic heterocycles. The van der Waals surface area contributed by atoms with Gasteiger partial charge in [-0.1, -0.05) is 86.7 Å². The molecule has 3 rings (SSSR count). The number of aliphatic carboxylic acids is 1. The Morgan fingerprint density at radius 3 is 2.17 bits per heavy atom. The average molecular weight is 721 g/mol. The van der Waals surface area contributed by atoms with Gasteiger partial charge < -0.3 is 35.4 Å². The monoisotopic (exact) mass is 720 g/mol. The first-order valence-corrected chi connectivity index (χ1v) is 18.2. The normalized spacial score (nSPS) is 16.2. The molecule has 1 saturated heterocycles. The zero-order valence-corrected chi connectivity index (χ0v) is 31.1. The van der Waals surface area contributed by atoms with Crippen LogP contribution in [0.25, 0.3) is 0 Å². The summed E-state index contributed by atoms with van der Waals surface area (Å²) in [6, 6.07) is 16.5. The summed E-state index contributed by atoms with van der Waals surface area (Å²) >= 11 is 0. The van der Waals surface area contributed by atoms with Crippen LogP contribution in [0.15, 0.2) is 72.8 Å².